The predicted molar refractivity (Wildman–Crippen MR) is 80.4 cm³/mol. The third-order valence-corrected chi connectivity index (χ3v) is 3.13. The standard InChI is InChI=1S/C15H27NO6/c1-9(12(19)21-7)8-15(5,6)10(11(17)18)16-13(20)22-14(2,3)4/h9-10H,8H2,1-7H3,(H,16,20)(H,17,18). The van der Waals surface area contributed by atoms with Crippen LogP contribution in [0, 0.1) is 11.3 Å². The van der Waals surface area contributed by atoms with Crippen molar-refractivity contribution in [3.8, 4) is 0 Å². The van der Waals surface area contributed by atoms with Gasteiger partial charge in [-0.1, -0.05) is 20.8 Å². The molecule has 0 aliphatic carbocycles. The van der Waals surface area contributed by atoms with Gasteiger partial charge in [-0.3, -0.25) is 4.79 Å². The zero-order valence-corrected chi connectivity index (χ0v) is 14.4. The number of carbonyl (C=O) groups excluding carboxylic acids is 2. The Morgan fingerprint density at radius 2 is 1.64 bits per heavy atom. The highest BCUT2D eigenvalue weighted by molar-refractivity contribution is 5.81. The predicted octanol–water partition coefficient (Wildman–Crippen LogP) is 2.19. The van der Waals surface area contributed by atoms with Gasteiger partial charge < -0.3 is 19.9 Å². The van der Waals surface area contributed by atoms with Crippen LogP contribution in [0.3, 0.4) is 0 Å². The highest BCUT2D eigenvalue weighted by atomic mass is 16.6. The molecule has 0 rings (SSSR count). The van der Waals surface area contributed by atoms with Crippen molar-refractivity contribution in [3.05, 3.63) is 0 Å². The Hall–Kier alpha value is -1.79. The van der Waals surface area contributed by atoms with Crippen LogP contribution in [0.1, 0.15) is 48.0 Å². The number of carboxylic acid groups (broad SMARTS) is 1. The minimum absolute atomic E-state index is 0.242. The van der Waals surface area contributed by atoms with Gasteiger partial charge in [-0.15, -0.1) is 0 Å². The van der Waals surface area contributed by atoms with E-state index in [0.29, 0.717) is 0 Å². The van der Waals surface area contributed by atoms with Gasteiger partial charge >= 0.3 is 18.0 Å². The van der Waals surface area contributed by atoms with Crippen LogP contribution in [0.25, 0.3) is 0 Å². The Morgan fingerprint density at radius 1 is 1.14 bits per heavy atom. The summed E-state index contributed by atoms with van der Waals surface area (Å²) in [6.45, 7) is 10.1. The second-order valence-corrected chi connectivity index (χ2v) is 7.03. The number of aliphatic carboxylic acids is 1. The summed E-state index contributed by atoms with van der Waals surface area (Å²) in [5.74, 6) is -2.09. The summed E-state index contributed by atoms with van der Waals surface area (Å²) >= 11 is 0. The van der Waals surface area contributed by atoms with Crippen LogP contribution in [0.5, 0.6) is 0 Å². The second kappa shape index (κ2) is 7.47. The number of alkyl carbamates (subject to hydrolysis) is 1. The molecule has 0 saturated carbocycles. The smallest absolute Gasteiger partial charge is 0.408 e. The number of hydrogen-bond acceptors (Lipinski definition) is 5. The number of methoxy groups -OCH3 is 1. The van der Waals surface area contributed by atoms with E-state index in [1.54, 1.807) is 41.5 Å². The van der Waals surface area contributed by atoms with Crippen LogP contribution in [-0.4, -0.2) is 41.9 Å². The van der Waals surface area contributed by atoms with Crippen molar-refractivity contribution < 1.29 is 29.0 Å². The number of ether oxygens (including phenoxy) is 2. The summed E-state index contributed by atoms with van der Waals surface area (Å²) in [6, 6.07) is -1.19. The molecule has 0 aromatic carbocycles. The summed E-state index contributed by atoms with van der Waals surface area (Å²) in [7, 11) is 1.28. The van der Waals surface area contributed by atoms with E-state index in [1.165, 1.54) is 7.11 Å². The average molecular weight is 317 g/mol. The molecule has 0 radical (unpaired) electrons. The van der Waals surface area contributed by atoms with Gasteiger partial charge in [0.05, 0.1) is 13.0 Å². The summed E-state index contributed by atoms with van der Waals surface area (Å²) < 4.78 is 9.73. The van der Waals surface area contributed by atoms with Crippen molar-refractivity contribution in [1.82, 2.24) is 5.32 Å². The van der Waals surface area contributed by atoms with Crippen molar-refractivity contribution in [3.63, 3.8) is 0 Å². The Morgan fingerprint density at radius 3 is 2.00 bits per heavy atom. The molecule has 0 spiro atoms. The van der Waals surface area contributed by atoms with Crippen molar-refractivity contribution in [2.24, 2.45) is 11.3 Å². The number of carboxylic acids is 1. The maximum atomic E-state index is 11.8. The van der Waals surface area contributed by atoms with E-state index < -0.39 is 41.0 Å². The third kappa shape index (κ3) is 6.78. The fourth-order valence-corrected chi connectivity index (χ4v) is 2.21. The molecule has 2 atom stereocenters. The van der Waals surface area contributed by atoms with Crippen LogP contribution in [0.2, 0.25) is 0 Å². The van der Waals surface area contributed by atoms with Gasteiger partial charge in [-0.25, -0.2) is 9.59 Å². The van der Waals surface area contributed by atoms with Crippen molar-refractivity contribution in [2.45, 2.75) is 59.6 Å². The molecule has 0 aromatic rings. The van der Waals surface area contributed by atoms with E-state index in [1.807, 2.05) is 0 Å². The van der Waals surface area contributed by atoms with E-state index in [0.717, 1.165) is 0 Å². The van der Waals surface area contributed by atoms with Gasteiger partial charge in [-0.05, 0) is 32.6 Å². The second-order valence-electron chi connectivity index (χ2n) is 7.03. The lowest BCUT2D eigenvalue weighted by Crippen LogP contribution is -2.52. The highest BCUT2D eigenvalue weighted by Gasteiger charge is 2.39. The molecule has 2 unspecified atom stereocenters. The lowest BCUT2D eigenvalue weighted by molar-refractivity contribution is -0.148. The fourth-order valence-electron chi connectivity index (χ4n) is 2.21. The molecule has 1 amide bonds. The molecule has 128 valence electrons. The van der Waals surface area contributed by atoms with Crippen LogP contribution >= 0.6 is 0 Å². The molecule has 0 aliphatic rings. The van der Waals surface area contributed by atoms with Crippen molar-refractivity contribution in [1.29, 1.82) is 0 Å². The molecular formula is C15H27NO6. The topological polar surface area (TPSA) is 102 Å². The van der Waals surface area contributed by atoms with Gasteiger partial charge in [0.15, 0.2) is 0 Å². The zero-order valence-electron chi connectivity index (χ0n) is 14.4. The Bertz CT molecular complexity index is 424. The number of amides is 1. The Kier molecular flexibility index (Phi) is 6.86. The Labute approximate surface area is 131 Å². The van der Waals surface area contributed by atoms with E-state index in [4.69, 9.17) is 4.74 Å². The number of nitrogens with one attached hydrogen (secondary N) is 1. The molecule has 0 aromatic heterocycles. The maximum absolute atomic E-state index is 11.8. The number of hydrogen-bond donors (Lipinski definition) is 2. The van der Waals surface area contributed by atoms with Gasteiger partial charge in [-0.2, -0.15) is 0 Å². The lowest BCUT2D eigenvalue weighted by Gasteiger charge is -2.34. The van der Waals surface area contributed by atoms with Gasteiger partial charge in [0.1, 0.15) is 11.6 Å². The van der Waals surface area contributed by atoms with Crippen LogP contribution in [0.15, 0.2) is 0 Å². The summed E-state index contributed by atoms with van der Waals surface area (Å²) in [5, 5.41) is 11.7. The number of carbonyl (C=O) groups is 3. The SMILES string of the molecule is COC(=O)C(C)CC(C)(C)C(NC(=O)OC(C)(C)C)C(=O)O. The normalized spacial score (nSPS) is 14.7. The molecular weight excluding hydrogens is 290 g/mol. The average Bonchev–Trinajstić information content (AvgIpc) is 2.31. The molecule has 0 aliphatic heterocycles. The fraction of sp³-hybridized carbons (Fsp3) is 0.800. The molecule has 7 nitrogen and oxygen atoms in total. The minimum Gasteiger partial charge on any atom is -0.480 e. The van der Waals surface area contributed by atoms with Crippen LogP contribution in [0.4, 0.5) is 4.79 Å². The Balaban J connectivity index is 5.03. The van der Waals surface area contributed by atoms with Gasteiger partial charge in [0.25, 0.3) is 0 Å². The first kappa shape index (κ1) is 20.2. The van der Waals surface area contributed by atoms with E-state index >= 15 is 0 Å². The number of esters is 1. The highest BCUT2D eigenvalue weighted by Crippen LogP contribution is 2.30. The summed E-state index contributed by atoms with van der Waals surface area (Å²) in [6.07, 6.45) is -0.564. The first-order chi connectivity index (χ1) is 9.80. The summed E-state index contributed by atoms with van der Waals surface area (Å²) in [4.78, 5) is 34.8. The molecule has 0 bridgehead atoms. The van der Waals surface area contributed by atoms with Gasteiger partial charge in [0.2, 0.25) is 0 Å². The van der Waals surface area contributed by atoms with Crippen molar-refractivity contribution in [2.75, 3.05) is 7.11 Å². The monoisotopic (exact) mass is 317 g/mol. The van der Waals surface area contributed by atoms with Crippen LogP contribution < -0.4 is 5.32 Å². The third-order valence-electron chi connectivity index (χ3n) is 3.13. The summed E-state index contributed by atoms with van der Waals surface area (Å²) in [5.41, 5.74) is -1.59. The van der Waals surface area contributed by atoms with Crippen LogP contribution in [-0.2, 0) is 19.1 Å². The molecule has 0 heterocycles. The quantitative estimate of drug-likeness (QED) is 0.728. The molecule has 22 heavy (non-hydrogen) atoms. The molecule has 0 fully saturated rings. The van der Waals surface area contributed by atoms with E-state index in [-0.39, 0.29) is 6.42 Å². The van der Waals surface area contributed by atoms with E-state index in [9.17, 15) is 19.5 Å². The first-order valence-corrected chi connectivity index (χ1v) is 7.10. The largest absolute Gasteiger partial charge is 0.480 e. The minimum atomic E-state index is -1.19. The molecule has 2 N–H and O–H groups in total. The molecule has 0 saturated heterocycles. The van der Waals surface area contributed by atoms with Gasteiger partial charge in [0, 0.05) is 0 Å². The van der Waals surface area contributed by atoms with Crippen molar-refractivity contribution >= 4 is 18.0 Å². The zero-order chi connectivity index (χ0) is 17.7. The van der Waals surface area contributed by atoms with E-state index in [2.05, 4.69) is 10.1 Å². The first-order valence-electron chi connectivity index (χ1n) is 7.10. The molecule has 7 heteroatoms. The maximum Gasteiger partial charge on any atom is 0.408 e. The lowest BCUT2D eigenvalue weighted by atomic mass is 9.77. The number of rotatable bonds is 6.